The topological polar surface area (TPSA) is 64.4 Å². The van der Waals surface area contributed by atoms with Gasteiger partial charge >= 0.3 is 0 Å². The second-order valence-electron chi connectivity index (χ2n) is 6.93. The van der Waals surface area contributed by atoms with Crippen molar-refractivity contribution in [3.63, 3.8) is 0 Å². The van der Waals surface area contributed by atoms with Gasteiger partial charge in [-0.2, -0.15) is 0 Å². The number of oxazole rings is 1. The van der Waals surface area contributed by atoms with Gasteiger partial charge in [0.25, 0.3) is 5.91 Å². The number of carbonyl (C=O) groups is 1. The van der Waals surface area contributed by atoms with Gasteiger partial charge in [-0.05, 0) is 49.3 Å². The number of hydrogen-bond donors (Lipinski definition) is 1. The minimum Gasteiger partial charge on any atom is -0.448 e. The molecule has 1 N–H and O–H groups in total. The standard InChI is InChI=1S/C19H21FN2O3/c20-15-5-3-14(4-6-15)19(7-9-24-10-8-19)22-18(23)16-12-25-17(21-16)11-13-1-2-13/h3-6,12-13H,1-2,7-11H2,(H,22,23). The number of hydrogen-bond acceptors (Lipinski definition) is 4. The van der Waals surface area contributed by atoms with E-state index in [4.69, 9.17) is 9.15 Å². The van der Waals surface area contributed by atoms with Crippen molar-refractivity contribution in [2.45, 2.75) is 37.6 Å². The summed E-state index contributed by atoms with van der Waals surface area (Å²) in [5.74, 6) is 0.710. The van der Waals surface area contributed by atoms with Crippen LogP contribution in [0.1, 0.15) is 47.6 Å². The van der Waals surface area contributed by atoms with Gasteiger partial charge in [0.05, 0.1) is 5.54 Å². The Balaban J connectivity index is 1.54. The molecule has 1 aliphatic heterocycles. The molecule has 1 aromatic carbocycles. The molecular formula is C19H21FN2O3. The largest absolute Gasteiger partial charge is 0.448 e. The summed E-state index contributed by atoms with van der Waals surface area (Å²) in [5, 5.41) is 3.10. The Kier molecular flexibility index (Phi) is 4.29. The molecular weight excluding hydrogens is 323 g/mol. The minimum absolute atomic E-state index is 0.267. The summed E-state index contributed by atoms with van der Waals surface area (Å²) in [6.07, 6.45) is 5.90. The molecule has 1 aromatic heterocycles. The fourth-order valence-electron chi connectivity index (χ4n) is 3.33. The van der Waals surface area contributed by atoms with Crippen molar-refractivity contribution in [3.05, 3.63) is 53.5 Å². The zero-order valence-corrected chi connectivity index (χ0v) is 14.0. The van der Waals surface area contributed by atoms with Crippen molar-refractivity contribution >= 4 is 5.91 Å². The van der Waals surface area contributed by atoms with Crippen LogP contribution in [0, 0.1) is 11.7 Å². The van der Waals surface area contributed by atoms with Crippen molar-refractivity contribution in [1.82, 2.24) is 10.3 Å². The highest BCUT2D eigenvalue weighted by atomic mass is 19.1. The van der Waals surface area contributed by atoms with Crippen molar-refractivity contribution in [2.24, 2.45) is 5.92 Å². The quantitative estimate of drug-likeness (QED) is 0.905. The highest BCUT2D eigenvalue weighted by molar-refractivity contribution is 5.92. The van der Waals surface area contributed by atoms with E-state index in [-0.39, 0.29) is 11.7 Å². The van der Waals surface area contributed by atoms with Crippen molar-refractivity contribution in [1.29, 1.82) is 0 Å². The molecule has 2 aromatic rings. The number of nitrogens with zero attached hydrogens (tertiary/aromatic N) is 1. The number of aromatic nitrogens is 1. The fourth-order valence-corrected chi connectivity index (χ4v) is 3.33. The third-order valence-electron chi connectivity index (χ3n) is 5.04. The van der Waals surface area contributed by atoms with Crippen LogP contribution in [-0.4, -0.2) is 24.1 Å². The summed E-state index contributed by atoms with van der Waals surface area (Å²) < 4.78 is 24.2. The van der Waals surface area contributed by atoms with Crippen molar-refractivity contribution < 1.29 is 18.3 Å². The second kappa shape index (κ2) is 6.59. The van der Waals surface area contributed by atoms with Gasteiger partial charge in [-0.25, -0.2) is 9.37 Å². The predicted octanol–water partition coefficient (Wildman–Crippen LogP) is 3.20. The van der Waals surface area contributed by atoms with Gasteiger partial charge < -0.3 is 14.5 Å². The third kappa shape index (κ3) is 3.58. The van der Waals surface area contributed by atoms with Gasteiger partial charge in [0.1, 0.15) is 12.1 Å². The highest BCUT2D eigenvalue weighted by Gasteiger charge is 2.37. The van der Waals surface area contributed by atoms with Gasteiger partial charge in [-0.1, -0.05) is 12.1 Å². The molecule has 0 atom stereocenters. The zero-order valence-electron chi connectivity index (χ0n) is 14.0. The van der Waals surface area contributed by atoms with Crippen LogP contribution in [0.15, 0.2) is 34.9 Å². The first kappa shape index (κ1) is 16.3. The number of ether oxygens (including phenoxy) is 1. The lowest BCUT2D eigenvalue weighted by Gasteiger charge is -2.38. The Morgan fingerprint density at radius 2 is 1.96 bits per heavy atom. The predicted molar refractivity (Wildman–Crippen MR) is 88.5 cm³/mol. The van der Waals surface area contributed by atoms with Gasteiger partial charge in [-0.3, -0.25) is 4.79 Å². The Hall–Kier alpha value is -2.21. The molecule has 1 saturated heterocycles. The second-order valence-corrected chi connectivity index (χ2v) is 6.93. The molecule has 2 aliphatic rings. The van der Waals surface area contributed by atoms with Gasteiger partial charge in [0.2, 0.25) is 0 Å². The lowest BCUT2D eigenvalue weighted by Crippen LogP contribution is -2.49. The molecule has 132 valence electrons. The summed E-state index contributed by atoms with van der Waals surface area (Å²) >= 11 is 0. The monoisotopic (exact) mass is 344 g/mol. The average Bonchev–Trinajstić information content (AvgIpc) is 3.30. The number of amides is 1. The van der Waals surface area contributed by atoms with Crippen molar-refractivity contribution in [2.75, 3.05) is 13.2 Å². The molecule has 1 aliphatic carbocycles. The van der Waals surface area contributed by atoms with E-state index in [1.807, 2.05) is 0 Å². The maximum atomic E-state index is 13.3. The first-order chi connectivity index (χ1) is 12.1. The van der Waals surface area contributed by atoms with E-state index in [1.165, 1.54) is 31.2 Å². The van der Waals surface area contributed by atoms with E-state index >= 15 is 0 Å². The van der Waals surface area contributed by atoms with Gasteiger partial charge in [0.15, 0.2) is 11.6 Å². The normalized spacial score (nSPS) is 19.6. The van der Waals surface area contributed by atoms with Crippen LogP contribution >= 0.6 is 0 Å². The van der Waals surface area contributed by atoms with Gasteiger partial charge in [0, 0.05) is 19.6 Å². The highest BCUT2D eigenvalue weighted by Crippen LogP contribution is 2.34. The number of nitrogens with one attached hydrogen (secondary N) is 1. The molecule has 0 spiro atoms. The SMILES string of the molecule is O=C(NC1(c2ccc(F)cc2)CCOCC1)c1coc(CC2CC2)n1. The van der Waals surface area contributed by atoms with Crippen LogP contribution < -0.4 is 5.32 Å². The number of benzene rings is 1. The Labute approximate surface area is 145 Å². The van der Waals surface area contributed by atoms with E-state index in [1.54, 1.807) is 12.1 Å². The van der Waals surface area contributed by atoms with E-state index in [2.05, 4.69) is 10.3 Å². The molecule has 4 rings (SSSR count). The molecule has 1 saturated carbocycles. The summed E-state index contributed by atoms with van der Waals surface area (Å²) in [5.41, 5.74) is 0.606. The van der Waals surface area contributed by atoms with Crippen LogP contribution in [0.5, 0.6) is 0 Å². The molecule has 5 nitrogen and oxygen atoms in total. The first-order valence-electron chi connectivity index (χ1n) is 8.75. The third-order valence-corrected chi connectivity index (χ3v) is 5.04. The van der Waals surface area contributed by atoms with Crippen LogP contribution in [0.25, 0.3) is 0 Å². The summed E-state index contributed by atoms with van der Waals surface area (Å²) in [4.78, 5) is 17.0. The minimum atomic E-state index is -0.571. The Morgan fingerprint density at radius 3 is 2.64 bits per heavy atom. The van der Waals surface area contributed by atoms with Crippen LogP contribution in [-0.2, 0) is 16.7 Å². The summed E-state index contributed by atoms with van der Waals surface area (Å²) in [6.45, 7) is 1.09. The lowest BCUT2D eigenvalue weighted by molar-refractivity contribution is 0.0344. The molecule has 0 unspecified atom stereocenters. The lowest BCUT2D eigenvalue weighted by atomic mass is 9.82. The first-order valence-corrected chi connectivity index (χ1v) is 8.75. The molecule has 1 amide bonds. The van der Waals surface area contributed by atoms with E-state index < -0.39 is 5.54 Å². The molecule has 6 heteroatoms. The smallest absolute Gasteiger partial charge is 0.273 e. The Morgan fingerprint density at radius 1 is 1.24 bits per heavy atom. The fraction of sp³-hybridized carbons (Fsp3) is 0.474. The maximum Gasteiger partial charge on any atom is 0.273 e. The molecule has 2 heterocycles. The van der Waals surface area contributed by atoms with Crippen LogP contribution in [0.4, 0.5) is 4.39 Å². The van der Waals surface area contributed by atoms with E-state index in [0.717, 1.165) is 12.0 Å². The van der Waals surface area contributed by atoms with Crippen molar-refractivity contribution in [3.8, 4) is 0 Å². The van der Waals surface area contributed by atoms with Gasteiger partial charge in [-0.15, -0.1) is 0 Å². The molecule has 0 bridgehead atoms. The van der Waals surface area contributed by atoms with Crippen LogP contribution in [0.2, 0.25) is 0 Å². The molecule has 0 radical (unpaired) electrons. The number of carbonyl (C=O) groups excluding carboxylic acids is 1. The Bertz CT molecular complexity index is 746. The zero-order chi connectivity index (χ0) is 17.3. The number of halogens is 1. The number of rotatable bonds is 5. The molecule has 25 heavy (non-hydrogen) atoms. The average molecular weight is 344 g/mol. The van der Waals surface area contributed by atoms with E-state index in [0.29, 0.717) is 43.6 Å². The maximum absolute atomic E-state index is 13.3. The summed E-state index contributed by atoms with van der Waals surface area (Å²) in [6, 6.07) is 6.29. The summed E-state index contributed by atoms with van der Waals surface area (Å²) in [7, 11) is 0. The van der Waals surface area contributed by atoms with E-state index in [9.17, 15) is 9.18 Å². The molecule has 2 fully saturated rings. The van der Waals surface area contributed by atoms with Crippen LogP contribution in [0.3, 0.4) is 0 Å².